The summed E-state index contributed by atoms with van der Waals surface area (Å²) in [5.41, 5.74) is 4.37. The van der Waals surface area contributed by atoms with E-state index in [-0.39, 0.29) is 13.2 Å². The Morgan fingerprint density at radius 2 is 1.86 bits per heavy atom. The number of hydroxylamine groups is 1. The van der Waals surface area contributed by atoms with Crippen LogP contribution in [-0.4, -0.2) is 78.4 Å². The standard InChI is InChI=1S/C24H32N4O6S.C2H2/c1-27(24(30)33-14-13-32-2)11-12-28(17-22(29)26-31)35-21-9-10-23(25-16-21)34-20-8-7-18-5-3-4-6-19(18)15-20;1-2/h7-10,15-16,31H,3-6,11-14,17H2,1-2H3,(H,26,29);1-2H. The van der Waals surface area contributed by atoms with Crippen molar-refractivity contribution < 1.29 is 29.0 Å². The molecular formula is C26H34N4O6S. The van der Waals surface area contributed by atoms with Gasteiger partial charge in [-0.15, -0.1) is 12.8 Å². The number of nitrogens with one attached hydrogen (secondary N) is 1. The van der Waals surface area contributed by atoms with Gasteiger partial charge in [0.25, 0.3) is 5.91 Å². The number of rotatable bonds is 12. The third-order valence-corrected chi connectivity index (χ3v) is 6.46. The molecule has 1 heterocycles. The predicted molar refractivity (Wildman–Crippen MR) is 140 cm³/mol. The van der Waals surface area contributed by atoms with Crippen LogP contribution < -0.4 is 10.2 Å². The number of hydrogen-bond donors (Lipinski definition) is 2. The maximum Gasteiger partial charge on any atom is 0.409 e. The van der Waals surface area contributed by atoms with Gasteiger partial charge in [0.15, 0.2) is 0 Å². The van der Waals surface area contributed by atoms with Crippen molar-refractivity contribution in [1.29, 1.82) is 0 Å². The Bertz CT molecular complexity index is 1020. The zero-order valence-electron chi connectivity index (χ0n) is 21.2. The monoisotopic (exact) mass is 530 g/mol. The lowest BCUT2D eigenvalue weighted by Crippen LogP contribution is -2.38. The number of carbonyl (C=O) groups is 2. The molecule has 11 heteroatoms. The normalized spacial score (nSPS) is 12.1. The second-order valence-corrected chi connectivity index (χ2v) is 9.26. The van der Waals surface area contributed by atoms with Crippen LogP contribution in [-0.2, 0) is 27.1 Å². The molecule has 1 aromatic heterocycles. The number of fused-ring (bicyclic) bond motifs is 1. The molecule has 0 atom stereocenters. The fourth-order valence-corrected chi connectivity index (χ4v) is 4.43. The lowest BCUT2D eigenvalue weighted by Gasteiger charge is -2.23. The number of amides is 2. The van der Waals surface area contributed by atoms with Gasteiger partial charge in [0.1, 0.15) is 12.4 Å². The molecule has 10 nitrogen and oxygen atoms in total. The van der Waals surface area contributed by atoms with Crippen LogP contribution in [0.25, 0.3) is 0 Å². The number of methoxy groups -OCH3 is 1. The molecule has 37 heavy (non-hydrogen) atoms. The van der Waals surface area contributed by atoms with E-state index in [1.54, 1.807) is 29.1 Å². The number of aromatic nitrogens is 1. The van der Waals surface area contributed by atoms with Crippen molar-refractivity contribution in [3.05, 3.63) is 47.7 Å². The molecule has 2 aromatic rings. The first-order valence-corrected chi connectivity index (χ1v) is 12.6. The smallest absolute Gasteiger partial charge is 0.409 e. The van der Waals surface area contributed by atoms with Crippen molar-refractivity contribution >= 4 is 23.9 Å². The van der Waals surface area contributed by atoms with Crippen molar-refractivity contribution in [1.82, 2.24) is 19.7 Å². The van der Waals surface area contributed by atoms with E-state index in [4.69, 9.17) is 19.4 Å². The summed E-state index contributed by atoms with van der Waals surface area (Å²) in [6, 6.07) is 9.80. The molecule has 1 aromatic carbocycles. The highest BCUT2D eigenvalue weighted by Crippen LogP contribution is 2.29. The molecule has 0 fully saturated rings. The molecule has 1 aliphatic rings. The van der Waals surface area contributed by atoms with Gasteiger partial charge in [0, 0.05) is 44.4 Å². The van der Waals surface area contributed by atoms with Crippen LogP contribution in [0.5, 0.6) is 11.6 Å². The van der Waals surface area contributed by atoms with Crippen LogP contribution in [0.2, 0.25) is 0 Å². The largest absolute Gasteiger partial charge is 0.447 e. The molecule has 0 saturated carbocycles. The molecule has 1 aliphatic carbocycles. The molecule has 2 amide bonds. The number of ether oxygens (including phenoxy) is 3. The van der Waals surface area contributed by atoms with Crippen LogP contribution in [0.3, 0.4) is 0 Å². The minimum Gasteiger partial charge on any atom is -0.447 e. The Hall–Kier alpha value is -3.30. The molecule has 2 N–H and O–H groups in total. The number of aryl methyl sites for hydroxylation is 2. The third kappa shape index (κ3) is 10.3. The molecule has 0 spiro atoms. The SMILES string of the molecule is C#C.COCCOC(=O)N(C)CCN(CC(=O)NO)Sc1ccc(Oc2ccc3c(c2)CCCC3)nc1. The number of hydrogen-bond acceptors (Lipinski definition) is 9. The van der Waals surface area contributed by atoms with Gasteiger partial charge >= 0.3 is 6.09 Å². The second kappa shape index (κ2) is 16.4. The summed E-state index contributed by atoms with van der Waals surface area (Å²) in [6.07, 6.45) is 13.8. The summed E-state index contributed by atoms with van der Waals surface area (Å²) < 4.78 is 17.6. The summed E-state index contributed by atoms with van der Waals surface area (Å²) in [5.74, 6) is 0.673. The van der Waals surface area contributed by atoms with Gasteiger partial charge in [0.2, 0.25) is 5.88 Å². The number of nitrogens with zero attached hydrogens (tertiary/aromatic N) is 3. The second-order valence-electron chi connectivity index (χ2n) is 8.09. The van der Waals surface area contributed by atoms with E-state index < -0.39 is 12.0 Å². The van der Waals surface area contributed by atoms with E-state index >= 15 is 0 Å². The highest BCUT2D eigenvalue weighted by atomic mass is 32.2. The van der Waals surface area contributed by atoms with Crippen molar-refractivity contribution in [3.63, 3.8) is 0 Å². The molecule has 0 bridgehead atoms. The van der Waals surface area contributed by atoms with E-state index in [0.717, 1.165) is 23.5 Å². The molecule has 200 valence electrons. The van der Waals surface area contributed by atoms with Gasteiger partial charge < -0.3 is 19.1 Å². The minimum absolute atomic E-state index is 0.0822. The first-order chi connectivity index (χ1) is 18.0. The van der Waals surface area contributed by atoms with Gasteiger partial charge in [-0.25, -0.2) is 19.6 Å². The van der Waals surface area contributed by atoms with E-state index in [1.165, 1.54) is 47.9 Å². The molecule has 0 aliphatic heterocycles. The van der Waals surface area contributed by atoms with Crippen LogP contribution in [0.1, 0.15) is 24.0 Å². The van der Waals surface area contributed by atoms with E-state index in [1.807, 2.05) is 12.1 Å². The van der Waals surface area contributed by atoms with Crippen molar-refractivity contribution in [3.8, 4) is 24.5 Å². The van der Waals surface area contributed by atoms with Gasteiger partial charge in [-0.1, -0.05) is 6.07 Å². The fraction of sp³-hybridized carbons (Fsp3) is 0.423. The Morgan fingerprint density at radius 1 is 1.11 bits per heavy atom. The Kier molecular flexibility index (Phi) is 13.3. The number of benzene rings is 1. The molecular weight excluding hydrogens is 496 g/mol. The molecule has 0 saturated heterocycles. The highest BCUT2D eigenvalue weighted by Gasteiger charge is 2.17. The maximum atomic E-state index is 12.0. The van der Waals surface area contributed by atoms with E-state index in [0.29, 0.717) is 25.6 Å². The number of terminal acetylenes is 1. The highest BCUT2D eigenvalue weighted by molar-refractivity contribution is 7.97. The fourth-order valence-electron chi connectivity index (χ4n) is 3.55. The lowest BCUT2D eigenvalue weighted by atomic mass is 9.92. The molecule has 0 radical (unpaired) electrons. The first-order valence-electron chi connectivity index (χ1n) is 11.8. The van der Waals surface area contributed by atoms with Gasteiger partial charge in [-0.05, 0) is 67.0 Å². The van der Waals surface area contributed by atoms with Crippen molar-refractivity contribution in [2.24, 2.45) is 0 Å². The molecule has 0 unspecified atom stereocenters. The summed E-state index contributed by atoms with van der Waals surface area (Å²) in [4.78, 5) is 30.3. The number of likely N-dealkylation sites (N-methyl/N-ethyl adjacent to an activating group) is 1. The van der Waals surface area contributed by atoms with Crippen LogP contribution in [0.15, 0.2) is 41.4 Å². The van der Waals surface area contributed by atoms with Crippen LogP contribution in [0.4, 0.5) is 4.79 Å². The zero-order valence-corrected chi connectivity index (χ0v) is 22.0. The van der Waals surface area contributed by atoms with E-state index in [2.05, 4.69) is 30.0 Å². The Balaban J connectivity index is 0.00000235. The summed E-state index contributed by atoms with van der Waals surface area (Å²) in [7, 11) is 3.14. The number of pyridine rings is 1. The maximum absolute atomic E-state index is 12.0. The van der Waals surface area contributed by atoms with Crippen LogP contribution >= 0.6 is 11.9 Å². The van der Waals surface area contributed by atoms with Gasteiger partial charge in [-0.3, -0.25) is 10.0 Å². The average molecular weight is 531 g/mol. The van der Waals surface area contributed by atoms with Crippen molar-refractivity contribution in [2.45, 2.75) is 30.6 Å². The van der Waals surface area contributed by atoms with Crippen molar-refractivity contribution in [2.75, 3.05) is 47.0 Å². The average Bonchev–Trinajstić information content (AvgIpc) is 2.93. The molecule has 3 rings (SSSR count). The van der Waals surface area contributed by atoms with Crippen LogP contribution in [0, 0.1) is 12.8 Å². The summed E-state index contributed by atoms with van der Waals surface area (Å²) in [6.45, 7) is 1.06. The Morgan fingerprint density at radius 3 is 2.54 bits per heavy atom. The minimum atomic E-state index is -0.567. The Labute approximate surface area is 222 Å². The zero-order chi connectivity index (χ0) is 27.0. The topological polar surface area (TPSA) is 113 Å². The van der Waals surface area contributed by atoms with Gasteiger partial charge in [-0.2, -0.15) is 0 Å². The third-order valence-electron chi connectivity index (χ3n) is 5.44. The summed E-state index contributed by atoms with van der Waals surface area (Å²) >= 11 is 1.29. The predicted octanol–water partition coefficient (Wildman–Crippen LogP) is 3.53. The number of carbonyl (C=O) groups excluding carboxylic acids is 2. The van der Waals surface area contributed by atoms with E-state index in [9.17, 15) is 9.59 Å². The van der Waals surface area contributed by atoms with Gasteiger partial charge in [0.05, 0.1) is 13.2 Å². The summed E-state index contributed by atoms with van der Waals surface area (Å²) in [5, 5.41) is 8.93. The lowest BCUT2D eigenvalue weighted by molar-refractivity contribution is -0.129. The first kappa shape index (κ1) is 29.9. The quantitative estimate of drug-likeness (QED) is 0.140.